The van der Waals surface area contributed by atoms with Crippen molar-refractivity contribution in [2.24, 2.45) is 5.73 Å². The van der Waals surface area contributed by atoms with E-state index in [0.717, 1.165) is 52.8 Å². The van der Waals surface area contributed by atoms with E-state index in [-0.39, 0.29) is 0 Å². The summed E-state index contributed by atoms with van der Waals surface area (Å²) in [7, 11) is 2.14. The summed E-state index contributed by atoms with van der Waals surface area (Å²) in [6, 6.07) is 9.46. The number of primary amides is 1. The molecular formula is C18H19N5OS. The van der Waals surface area contributed by atoms with Crippen molar-refractivity contribution in [1.82, 2.24) is 14.9 Å². The fourth-order valence-electron chi connectivity index (χ4n) is 2.94. The second-order valence-corrected chi connectivity index (χ2v) is 7.29. The summed E-state index contributed by atoms with van der Waals surface area (Å²) in [5.74, 6) is 0.587. The van der Waals surface area contributed by atoms with Crippen molar-refractivity contribution in [2.75, 3.05) is 38.1 Å². The molecule has 7 heteroatoms. The third kappa shape index (κ3) is 3.20. The van der Waals surface area contributed by atoms with Crippen molar-refractivity contribution in [3.63, 3.8) is 0 Å². The van der Waals surface area contributed by atoms with Gasteiger partial charge in [0.15, 0.2) is 0 Å². The average Bonchev–Trinajstić information content (AvgIpc) is 3.05. The minimum absolute atomic E-state index is 0.421. The summed E-state index contributed by atoms with van der Waals surface area (Å²) < 4.78 is 0.953. The van der Waals surface area contributed by atoms with Crippen molar-refractivity contribution < 1.29 is 4.79 Å². The van der Waals surface area contributed by atoms with Gasteiger partial charge in [-0.25, -0.2) is 9.97 Å². The number of hydrogen-bond acceptors (Lipinski definition) is 6. The molecule has 1 aliphatic heterocycles. The zero-order valence-corrected chi connectivity index (χ0v) is 14.8. The molecule has 25 heavy (non-hydrogen) atoms. The Hall–Kier alpha value is -2.51. The van der Waals surface area contributed by atoms with Gasteiger partial charge < -0.3 is 15.5 Å². The molecule has 0 bridgehead atoms. The summed E-state index contributed by atoms with van der Waals surface area (Å²) >= 11 is 1.54. The van der Waals surface area contributed by atoms with Crippen LogP contribution in [0.2, 0.25) is 0 Å². The molecule has 3 aromatic rings. The molecular weight excluding hydrogens is 334 g/mol. The molecule has 3 heterocycles. The molecule has 1 amide bonds. The number of amides is 1. The highest BCUT2D eigenvalue weighted by atomic mass is 32.1. The molecule has 0 saturated carbocycles. The normalized spacial score (nSPS) is 15.6. The predicted molar refractivity (Wildman–Crippen MR) is 101 cm³/mol. The van der Waals surface area contributed by atoms with Gasteiger partial charge >= 0.3 is 0 Å². The number of benzene rings is 1. The van der Waals surface area contributed by atoms with Gasteiger partial charge in [0.25, 0.3) is 0 Å². The largest absolute Gasteiger partial charge is 0.366 e. The van der Waals surface area contributed by atoms with E-state index in [4.69, 9.17) is 5.73 Å². The minimum atomic E-state index is -0.421. The quantitative estimate of drug-likeness (QED) is 0.781. The molecule has 0 unspecified atom stereocenters. The van der Waals surface area contributed by atoms with Crippen LogP contribution < -0.4 is 10.6 Å². The number of carbonyl (C=O) groups excluding carboxylic acids is 1. The number of nitrogens with zero attached hydrogens (tertiary/aromatic N) is 4. The molecule has 4 rings (SSSR count). The first-order chi connectivity index (χ1) is 12.1. The Balaban J connectivity index is 1.59. The van der Waals surface area contributed by atoms with E-state index in [1.165, 1.54) is 0 Å². The first-order valence-corrected chi connectivity index (χ1v) is 9.02. The highest BCUT2D eigenvalue weighted by molar-refractivity contribution is 7.21. The van der Waals surface area contributed by atoms with E-state index in [9.17, 15) is 4.79 Å². The third-order valence-electron chi connectivity index (χ3n) is 4.50. The summed E-state index contributed by atoms with van der Waals surface area (Å²) in [4.78, 5) is 25.2. The lowest BCUT2D eigenvalue weighted by molar-refractivity contribution is 0.100. The first-order valence-electron chi connectivity index (χ1n) is 8.20. The standard InChI is InChI=1S/C18H19N5OS/c1-22-6-8-23(9-7-22)16-5-3-13(11-20-16)18-21-14-4-2-12(17(19)24)10-15(14)25-18/h2-5,10-11H,6-9H2,1H3,(H2,19,24). The molecule has 1 fully saturated rings. The zero-order chi connectivity index (χ0) is 17.4. The number of anilines is 1. The Kier molecular flexibility index (Phi) is 4.10. The summed E-state index contributed by atoms with van der Waals surface area (Å²) in [5, 5.41) is 0.897. The van der Waals surface area contributed by atoms with Crippen LogP contribution in [0.4, 0.5) is 5.82 Å². The van der Waals surface area contributed by atoms with Crippen LogP contribution in [0.5, 0.6) is 0 Å². The number of carbonyl (C=O) groups is 1. The van der Waals surface area contributed by atoms with Crippen LogP contribution in [0.1, 0.15) is 10.4 Å². The van der Waals surface area contributed by atoms with Crippen molar-refractivity contribution in [1.29, 1.82) is 0 Å². The van der Waals surface area contributed by atoms with Crippen LogP contribution in [0.3, 0.4) is 0 Å². The highest BCUT2D eigenvalue weighted by Crippen LogP contribution is 2.31. The number of nitrogens with two attached hydrogens (primary N) is 1. The highest BCUT2D eigenvalue weighted by Gasteiger charge is 2.15. The summed E-state index contributed by atoms with van der Waals surface area (Å²) in [6.07, 6.45) is 1.88. The lowest BCUT2D eigenvalue weighted by atomic mass is 10.2. The first kappa shape index (κ1) is 16.0. The SMILES string of the molecule is CN1CCN(c2ccc(-c3nc4ccc(C(N)=O)cc4s3)cn2)CC1. The van der Waals surface area contributed by atoms with Crippen LogP contribution >= 0.6 is 11.3 Å². The van der Waals surface area contributed by atoms with Gasteiger partial charge in [-0.3, -0.25) is 4.79 Å². The number of fused-ring (bicyclic) bond motifs is 1. The second kappa shape index (κ2) is 6.42. The van der Waals surface area contributed by atoms with Crippen LogP contribution in [0.15, 0.2) is 36.5 Å². The minimum Gasteiger partial charge on any atom is -0.366 e. The fraction of sp³-hybridized carbons (Fsp3) is 0.278. The maximum atomic E-state index is 11.3. The molecule has 2 N–H and O–H groups in total. The van der Waals surface area contributed by atoms with E-state index in [1.54, 1.807) is 23.5 Å². The molecule has 0 spiro atoms. The Bertz CT molecular complexity index is 913. The van der Waals surface area contributed by atoms with Crippen molar-refractivity contribution in [3.8, 4) is 10.6 Å². The molecule has 0 aliphatic carbocycles. The van der Waals surface area contributed by atoms with E-state index in [2.05, 4.69) is 38.9 Å². The van der Waals surface area contributed by atoms with E-state index in [0.29, 0.717) is 5.56 Å². The number of thiazole rings is 1. The zero-order valence-electron chi connectivity index (χ0n) is 14.0. The molecule has 0 radical (unpaired) electrons. The van der Waals surface area contributed by atoms with Gasteiger partial charge in [-0.2, -0.15) is 0 Å². The number of aromatic nitrogens is 2. The molecule has 1 aromatic carbocycles. The van der Waals surface area contributed by atoms with Gasteiger partial charge in [0.2, 0.25) is 5.91 Å². The van der Waals surface area contributed by atoms with Crippen LogP contribution in [0, 0.1) is 0 Å². The van der Waals surface area contributed by atoms with Crippen molar-refractivity contribution in [3.05, 3.63) is 42.1 Å². The van der Waals surface area contributed by atoms with E-state index in [1.807, 2.05) is 12.3 Å². The van der Waals surface area contributed by atoms with Crippen LogP contribution in [-0.4, -0.2) is 54.0 Å². The number of pyridine rings is 1. The molecule has 0 atom stereocenters. The maximum Gasteiger partial charge on any atom is 0.248 e. The monoisotopic (exact) mass is 353 g/mol. The fourth-order valence-corrected chi connectivity index (χ4v) is 3.93. The molecule has 6 nitrogen and oxygen atoms in total. The Morgan fingerprint density at radius 2 is 1.96 bits per heavy atom. The molecule has 2 aromatic heterocycles. The Morgan fingerprint density at radius 1 is 1.16 bits per heavy atom. The average molecular weight is 353 g/mol. The number of piperazine rings is 1. The second-order valence-electron chi connectivity index (χ2n) is 6.26. The van der Waals surface area contributed by atoms with Gasteiger partial charge in [-0.15, -0.1) is 11.3 Å². The van der Waals surface area contributed by atoms with Gasteiger partial charge in [0, 0.05) is 43.5 Å². The molecule has 1 saturated heterocycles. The van der Waals surface area contributed by atoms with Gasteiger partial charge in [0.05, 0.1) is 10.2 Å². The van der Waals surface area contributed by atoms with Gasteiger partial charge in [-0.1, -0.05) is 0 Å². The van der Waals surface area contributed by atoms with Crippen molar-refractivity contribution >= 4 is 33.3 Å². The van der Waals surface area contributed by atoms with E-state index >= 15 is 0 Å². The third-order valence-corrected chi connectivity index (χ3v) is 5.56. The van der Waals surface area contributed by atoms with E-state index < -0.39 is 5.91 Å². The number of hydrogen-bond donors (Lipinski definition) is 1. The van der Waals surface area contributed by atoms with Gasteiger partial charge in [0.1, 0.15) is 10.8 Å². The Labute approximate surface area is 149 Å². The predicted octanol–water partition coefficient (Wildman–Crippen LogP) is 2.21. The van der Waals surface area contributed by atoms with Crippen LogP contribution in [0.25, 0.3) is 20.8 Å². The summed E-state index contributed by atoms with van der Waals surface area (Å²) in [5.41, 5.74) is 7.71. The lowest BCUT2D eigenvalue weighted by Crippen LogP contribution is -2.44. The summed E-state index contributed by atoms with van der Waals surface area (Å²) in [6.45, 7) is 4.12. The molecule has 1 aliphatic rings. The maximum absolute atomic E-state index is 11.3. The number of likely N-dealkylation sites (N-methyl/N-ethyl adjacent to an activating group) is 1. The smallest absolute Gasteiger partial charge is 0.248 e. The molecule has 128 valence electrons. The Morgan fingerprint density at radius 3 is 2.64 bits per heavy atom. The lowest BCUT2D eigenvalue weighted by Gasteiger charge is -2.33. The van der Waals surface area contributed by atoms with Crippen molar-refractivity contribution in [2.45, 2.75) is 0 Å². The topological polar surface area (TPSA) is 75.3 Å². The van der Waals surface area contributed by atoms with Crippen LogP contribution in [-0.2, 0) is 0 Å². The van der Waals surface area contributed by atoms with Gasteiger partial charge in [-0.05, 0) is 37.4 Å². The number of rotatable bonds is 3.